The highest BCUT2D eigenvalue weighted by Gasteiger charge is 2.18. The Bertz CT molecular complexity index is 435. The van der Waals surface area contributed by atoms with Gasteiger partial charge in [0.2, 0.25) is 0 Å². The van der Waals surface area contributed by atoms with E-state index in [2.05, 4.69) is 44.3 Å². The van der Waals surface area contributed by atoms with Gasteiger partial charge in [-0.2, -0.15) is 5.26 Å². The molecule has 0 fully saturated rings. The second-order valence-electron chi connectivity index (χ2n) is 5.70. The van der Waals surface area contributed by atoms with Crippen molar-refractivity contribution < 1.29 is 4.74 Å². The Hall–Kier alpha value is -1.53. The highest BCUT2D eigenvalue weighted by atomic mass is 16.5. The van der Waals surface area contributed by atoms with Crippen LogP contribution in [0.15, 0.2) is 24.3 Å². The second kappa shape index (κ2) is 7.16. The number of nitrogens with one attached hydrogen (secondary N) is 1. The zero-order valence-corrected chi connectivity index (χ0v) is 12.4. The van der Waals surface area contributed by atoms with Gasteiger partial charge in [-0.1, -0.05) is 26.0 Å². The molecule has 0 unspecified atom stereocenters. The summed E-state index contributed by atoms with van der Waals surface area (Å²) in [6.07, 6.45) is 1.53. The lowest BCUT2D eigenvalue weighted by atomic mass is 9.87. The maximum Gasteiger partial charge on any atom is 0.119 e. The number of nitriles is 1. The van der Waals surface area contributed by atoms with Crippen molar-refractivity contribution in [3.05, 3.63) is 29.8 Å². The minimum absolute atomic E-state index is 0.142. The summed E-state index contributed by atoms with van der Waals surface area (Å²) < 4.78 is 5.24. The summed E-state index contributed by atoms with van der Waals surface area (Å²) in [4.78, 5) is 0. The van der Waals surface area contributed by atoms with E-state index in [1.807, 2.05) is 12.1 Å². The Morgan fingerprint density at radius 3 is 2.79 bits per heavy atom. The molecule has 0 amide bonds. The number of ether oxygens (including phenoxy) is 1. The molecule has 1 atom stereocenters. The molecule has 104 valence electrons. The molecule has 19 heavy (non-hydrogen) atoms. The first kappa shape index (κ1) is 15.5. The lowest BCUT2D eigenvalue weighted by molar-refractivity contribution is 0.304. The number of benzene rings is 1. The summed E-state index contributed by atoms with van der Waals surface area (Å²) in [5.41, 5.74) is 1.36. The van der Waals surface area contributed by atoms with E-state index in [1.165, 1.54) is 5.56 Å². The van der Waals surface area contributed by atoms with E-state index in [0.29, 0.717) is 6.42 Å². The van der Waals surface area contributed by atoms with Crippen molar-refractivity contribution in [2.45, 2.75) is 39.7 Å². The first-order valence-corrected chi connectivity index (χ1v) is 6.73. The van der Waals surface area contributed by atoms with Crippen molar-refractivity contribution >= 4 is 0 Å². The predicted molar refractivity (Wildman–Crippen MR) is 78.0 cm³/mol. The average Bonchev–Trinajstić information content (AvgIpc) is 2.43. The zero-order chi connectivity index (χ0) is 14.3. The molecule has 3 nitrogen and oxygen atoms in total. The minimum atomic E-state index is 0.142. The Labute approximate surface area is 116 Å². The molecular weight excluding hydrogens is 236 g/mol. The summed E-state index contributed by atoms with van der Waals surface area (Å²) in [7, 11) is 1.68. The standard InChI is InChI=1S/C16H24N2O/c1-13(14-7-5-8-15(11-14)19-4)18-12-16(2,3)9-6-10-17/h5,7-8,11,13,18H,6,9,12H2,1-4H3/t13-/m1/s1. The molecule has 1 aromatic carbocycles. The van der Waals surface area contributed by atoms with Crippen molar-refractivity contribution in [2.75, 3.05) is 13.7 Å². The van der Waals surface area contributed by atoms with Gasteiger partial charge >= 0.3 is 0 Å². The fourth-order valence-corrected chi connectivity index (χ4v) is 1.94. The fourth-order valence-electron chi connectivity index (χ4n) is 1.94. The van der Waals surface area contributed by atoms with Gasteiger partial charge < -0.3 is 10.1 Å². The van der Waals surface area contributed by atoms with Gasteiger partial charge in [-0.05, 0) is 36.5 Å². The largest absolute Gasteiger partial charge is 0.497 e. The summed E-state index contributed by atoms with van der Waals surface area (Å²) in [6, 6.07) is 10.6. The molecule has 0 heterocycles. The van der Waals surface area contributed by atoms with Crippen molar-refractivity contribution in [2.24, 2.45) is 5.41 Å². The number of rotatable bonds is 7. The molecule has 0 aliphatic rings. The highest BCUT2D eigenvalue weighted by molar-refractivity contribution is 5.30. The van der Waals surface area contributed by atoms with Gasteiger partial charge in [0.15, 0.2) is 0 Å². The van der Waals surface area contributed by atoms with Gasteiger partial charge in [0.1, 0.15) is 5.75 Å². The van der Waals surface area contributed by atoms with Gasteiger partial charge in [-0.25, -0.2) is 0 Å². The molecule has 0 aliphatic carbocycles. The van der Waals surface area contributed by atoms with Crippen LogP contribution in [0, 0.1) is 16.7 Å². The SMILES string of the molecule is COc1cccc([C@@H](C)NCC(C)(C)CCC#N)c1. The molecule has 3 heteroatoms. The maximum absolute atomic E-state index is 8.66. The lowest BCUT2D eigenvalue weighted by Gasteiger charge is -2.26. The number of hydrogen-bond donors (Lipinski definition) is 1. The predicted octanol–water partition coefficient (Wildman–Crippen LogP) is 3.68. The smallest absolute Gasteiger partial charge is 0.119 e. The van der Waals surface area contributed by atoms with Crippen molar-refractivity contribution in [1.29, 1.82) is 5.26 Å². The maximum atomic E-state index is 8.66. The van der Waals surface area contributed by atoms with Crippen LogP contribution in [-0.2, 0) is 0 Å². The Morgan fingerprint density at radius 2 is 2.16 bits per heavy atom. The third-order valence-corrected chi connectivity index (χ3v) is 3.39. The third kappa shape index (κ3) is 5.32. The molecule has 0 bridgehead atoms. The molecule has 0 radical (unpaired) electrons. The topological polar surface area (TPSA) is 45.0 Å². The number of nitrogens with zero attached hydrogens (tertiary/aromatic N) is 1. The van der Waals surface area contributed by atoms with Gasteiger partial charge in [0, 0.05) is 19.0 Å². The molecular formula is C16H24N2O. The normalized spacial score (nSPS) is 12.8. The number of hydrogen-bond acceptors (Lipinski definition) is 3. The van der Waals surface area contributed by atoms with Crippen molar-refractivity contribution in [1.82, 2.24) is 5.32 Å². The fraction of sp³-hybridized carbons (Fsp3) is 0.562. The first-order chi connectivity index (χ1) is 8.98. The average molecular weight is 260 g/mol. The van der Waals surface area contributed by atoms with E-state index in [4.69, 9.17) is 10.00 Å². The van der Waals surface area contributed by atoms with Crippen LogP contribution in [0.3, 0.4) is 0 Å². The Kier molecular flexibility index (Phi) is 5.85. The van der Waals surface area contributed by atoms with Crippen molar-refractivity contribution in [3.8, 4) is 11.8 Å². The van der Waals surface area contributed by atoms with E-state index in [-0.39, 0.29) is 11.5 Å². The molecule has 0 aromatic heterocycles. The zero-order valence-electron chi connectivity index (χ0n) is 12.4. The van der Waals surface area contributed by atoms with E-state index in [9.17, 15) is 0 Å². The quantitative estimate of drug-likeness (QED) is 0.813. The van der Waals surface area contributed by atoms with Gasteiger partial charge in [0.05, 0.1) is 13.2 Å². The van der Waals surface area contributed by atoms with Crippen molar-refractivity contribution in [3.63, 3.8) is 0 Å². The van der Waals surface area contributed by atoms with Crippen LogP contribution in [0.25, 0.3) is 0 Å². The third-order valence-electron chi connectivity index (χ3n) is 3.39. The molecule has 0 spiro atoms. The monoisotopic (exact) mass is 260 g/mol. The van der Waals surface area contributed by atoms with Crippen LogP contribution in [0.2, 0.25) is 0 Å². The molecule has 1 rings (SSSR count). The van der Waals surface area contributed by atoms with E-state index < -0.39 is 0 Å². The first-order valence-electron chi connectivity index (χ1n) is 6.73. The van der Waals surface area contributed by atoms with Crippen LogP contribution in [0.1, 0.15) is 45.2 Å². The van der Waals surface area contributed by atoms with E-state index in [0.717, 1.165) is 18.7 Å². The van der Waals surface area contributed by atoms with Gasteiger partial charge in [-0.15, -0.1) is 0 Å². The van der Waals surface area contributed by atoms with Crippen LogP contribution < -0.4 is 10.1 Å². The molecule has 1 N–H and O–H groups in total. The molecule has 0 saturated heterocycles. The van der Waals surface area contributed by atoms with Crippen LogP contribution in [-0.4, -0.2) is 13.7 Å². The van der Waals surface area contributed by atoms with Gasteiger partial charge in [-0.3, -0.25) is 0 Å². The number of methoxy groups -OCH3 is 1. The molecule has 0 aliphatic heterocycles. The van der Waals surface area contributed by atoms with Gasteiger partial charge in [0.25, 0.3) is 0 Å². The van der Waals surface area contributed by atoms with E-state index in [1.54, 1.807) is 7.11 Å². The summed E-state index contributed by atoms with van der Waals surface area (Å²) >= 11 is 0. The Morgan fingerprint density at radius 1 is 1.42 bits per heavy atom. The lowest BCUT2D eigenvalue weighted by Crippen LogP contribution is -2.31. The summed E-state index contributed by atoms with van der Waals surface area (Å²) in [5, 5.41) is 12.2. The molecule has 0 saturated carbocycles. The van der Waals surface area contributed by atoms with Crippen LogP contribution >= 0.6 is 0 Å². The summed E-state index contributed by atoms with van der Waals surface area (Å²) in [5.74, 6) is 0.884. The Balaban J connectivity index is 2.55. The van der Waals surface area contributed by atoms with Crippen LogP contribution in [0.4, 0.5) is 0 Å². The van der Waals surface area contributed by atoms with Crippen LogP contribution in [0.5, 0.6) is 5.75 Å². The second-order valence-corrected chi connectivity index (χ2v) is 5.70. The van der Waals surface area contributed by atoms with E-state index >= 15 is 0 Å². The minimum Gasteiger partial charge on any atom is -0.497 e. The summed E-state index contributed by atoms with van der Waals surface area (Å²) in [6.45, 7) is 7.42. The highest BCUT2D eigenvalue weighted by Crippen LogP contribution is 2.23. The molecule has 1 aromatic rings.